The summed E-state index contributed by atoms with van der Waals surface area (Å²) < 4.78 is 35.1. The molecule has 4 aromatic heterocycles. The van der Waals surface area contributed by atoms with E-state index in [4.69, 9.17) is 57.4 Å². The first-order valence-electron chi connectivity index (χ1n) is 23.2. The van der Waals surface area contributed by atoms with E-state index in [-0.39, 0.29) is 13.6 Å². The molecule has 4 aliphatic heterocycles. The van der Waals surface area contributed by atoms with Gasteiger partial charge in [-0.2, -0.15) is 15.5 Å². The summed E-state index contributed by atoms with van der Waals surface area (Å²) >= 11 is 17.2. The molecule has 0 bridgehead atoms. The number of nitrogen functional groups attached to an aromatic ring is 1. The van der Waals surface area contributed by atoms with Crippen molar-refractivity contribution in [2.75, 3.05) is 94.1 Å². The number of aromatic nitrogens is 4. The maximum absolute atomic E-state index is 9.74. The summed E-state index contributed by atoms with van der Waals surface area (Å²) in [6.45, 7) is 9.42. The molecular formula is C51H46Cl2N12O6S3. The summed E-state index contributed by atoms with van der Waals surface area (Å²) in [6, 6.07) is 27.7. The number of thiazole rings is 2. The van der Waals surface area contributed by atoms with Gasteiger partial charge < -0.3 is 50.1 Å². The van der Waals surface area contributed by atoms with Gasteiger partial charge in [-0.15, -0.1) is 11.3 Å². The number of hydrogen-bond acceptors (Lipinski definition) is 21. The SMILES string of the molecule is CSc1nc2ncc(C#N)c(Nc3c(Cl)ccc4c3OCO4)c2s1.N#Cc1cnc2nc(Nc3ccc(CN4CCOCC4)cc3)sc2c1Nc1c(Cl)ccc2c1OCO2.Nc1ccc(CN2CCOCC2)cc1. The Labute approximate surface area is 447 Å². The number of halogens is 2. The van der Waals surface area contributed by atoms with Crippen molar-refractivity contribution in [3.05, 3.63) is 117 Å². The van der Waals surface area contributed by atoms with Crippen molar-refractivity contribution in [3.63, 3.8) is 0 Å². The van der Waals surface area contributed by atoms with Crippen LogP contribution in [0, 0.1) is 22.7 Å². The van der Waals surface area contributed by atoms with Crippen LogP contribution >= 0.6 is 57.6 Å². The van der Waals surface area contributed by atoms with E-state index in [2.05, 4.69) is 82.1 Å². The van der Waals surface area contributed by atoms with E-state index in [1.54, 1.807) is 24.3 Å². The third kappa shape index (κ3) is 11.7. The van der Waals surface area contributed by atoms with Gasteiger partial charge in [0.2, 0.25) is 13.6 Å². The van der Waals surface area contributed by atoms with E-state index in [9.17, 15) is 10.5 Å². The summed E-state index contributed by atoms with van der Waals surface area (Å²) in [5, 5.41) is 30.7. The molecule has 8 aromatic rings. The lowest BCUT2D eigenvalue weighted by atomic mass is 10.2. The third-order valence-corrected chi connectivity index (χ3v) is 15.6. The van der Waals surface area contributed by atoms with Gasteiger partial charge in [0.25, 0.3) is 0 Å². The van der Waals surface area contributed by atoms with Crippen LogP contribution in [0.5, 0.6) is 23.0 Å². The van der Waals surface area contributed by atoms with Gasteiger partial charge in [0.1, 0.15) is 28.2 Å². The highest BCUT2D eigenvalue weighted by Crippen LogP contribution is 2.48. The molecule has 0 aliphatic carbocycles. The van der Waals surface area contributed by atoms with Gasteiger partial charge >= 0.3 is 0 Å². The molecule has 0 atom stereocenters. The quantitative estimate of drug-likeness (QED) is 0.0698. The maximum atomic E-state index is 9.74. The topological polar surface area (TPSA) is 223 Å². The van der Waals surface area contributed by atoms with E-state index in [0.29, 0.717) is 83.3 Å². The second-order valence-corrected chi connectivity index (χ2v) is 20.6. The number of fused-ring (bicyclic) bond motifs is 4. The first-order valence-corrected chi connectivity index (χ1v) is 26.8. The zero-order valence-corrected chi connectivity index (χ0v) is 43.6. The van der Waals surface area contributed by atoms with Crippen LogP contribution in [0.4, 0.5) is 39.3 Å². The number of thioether (sulfide) groups is 1. The van der Waals surface area contributed by atoms with Crippen molar-refractivity contribution in [1.29, 1.82) is 10.5 Å². The van der Waals surface area contributed by atoms with Crippen LogP contribution in [-0.4, -0.2) is 102 Å². The predicted molar refractivity (Wildman–Crippen MR) is 291 cm³/mol. The van der Waals surface area contributed by atoms with E-state index in [1.165, 1.54) is 58.0 Å². The summed E-state index contributed by atoms with van der Waals surface area (Å²) in [5.74, 6) is 2.25. The fraction of sp³-hybridized carbons (Fsp3) is 0.255. The van der Waals surface area contributed by atoms with Crippen molar-refractivity contribution in [3.8, 4) is 35.1 Å². The van der Waals surface area contributed by atoms with E-state index in [1.807, 2.05) is 30.5 Å². The van der Waals surface area contributed by atoms with Crippen molar-refractivity contribution < 1.29 is 28.4 Å². The average molecular weight is 1090 g/mol. The number of morpholine rings is 2. The van der Waals surface area contributed by atoms with Crippen LogP contribution in [0.15, 0.2) is 89.5 Å². The number of pyridine rings is 2. The smallest absolute Gasteiger partial charge is 0.231 e. The number of hydrogen-bond donors (Lipinski definition) is 4. The van der Waals surface area contributed by atoms with Crippen molar-refractivity contribution in [2.45, 2.75) is 17.4 Å². The largest absolute Gasteiger partial charge is 0.454 e. The predicted octanol–water partition coefficient (Wildman–Crippen LogP) is 10.8. The Balaban J connectivity index is 0.000000141. The van der Waals surface area contributed by atoms with Crippen LogP contribution in [0.3, 0.4) is 0 Å². The molecule has 0 radical (unpaired) electrons. The minimum atomic E-state index is 0.112. The number of nitriles is 2. The molecule has 378 valence electrons. The Morgan fingerprint density at radius 3 is 1.61 bits per heavy atom. The maximum Gasteiger partial charge on any atom is 0.231 e. The summed E-state index contributed by atoms with van der Waals surface area (Å²) in [5.41, 5.74) is 14.1. The number of benzene rings is 4. The van der Waals surface area contributed by atoms with E-state index in [0.717, 1.165) is 90.8 Å². The standard InChI is InChI=1S/C25H21ClN6O3S.C15H9ClN4O2S2.C11H16N2O/c26-18-5-6-19-22(35-14-34-19)21(18)30-20-16(11-27)12-28-24-23(20)36-25(31-24)29-17-3-1-15(2-4-17)13-32-7-9-33-10-8-32;1-23-15-20-14-13(24-15)10(7(4-17)5-18-14)19-11-8(16)2-3-9-12(11)22-6-21-9;12-11-3-1-10(2-4-11)9-13-5-7-14-8-6-13/h1-6,12H,7-10,13-14H2,(H2,28,29,30,31);2-3,5H,6H2,1H3,(H,18,19);1-4H,5-9,12H2. The minimum Gasteiger partial charge on any atom is -0.454 e. The van der Waals surface area contributed by atoms with Gasteiger partial charge in [-0.25, -0.2) is 15.0 Å². The fourth-order valence-corrected chi connectivity index (χ4v) is 11.0. The highest BCUT2D eigenvalue weighted by atomic mass is 35.5. The third-order valence-electron chi connectivity index (χ3n) is 11.9. The molecule has 2 saturated heterocycles. The van der Waals surface area contributed by atoms with Crippen LogP contribution in [0.2, 0.25) is 10.0 Å². The lowest BCUT2D eigenvalue weighted by Gasteiger charge is -2.26. The molecule has 0 unspecified atom stereocenters. The normalized spacial score (nSPS) is 14.8. The van der Waals surface area contributed by atoms with Crippen LogP contribution in [-0.2, 0) is 22.6 Å². The second-order valence-electron chi connectivity index (χ2n) is 16.7. The molecular weight excluding hydrogens is 1040 g/mol. The monoisotopic (exact) mass is 1090 g/mol. The summed E-state index contributed by atoms with van der Waals surface area (Å²) in [4.78, 5) is 22.5. The highest BCUT2D eigenvalue weighted by molar-refractivity contribution is 8.00. The molecule has 0 amide bonds. The van der Waals surface area contributed by atoms with E-state index < -0.39 is 0 Å². The highest BCUT2D eigenvalue weighted by Gasteiger charge is 2.25. The fourth-order valence-electron chi connectivity index (χ4n) is 8.14. The zero-order valence-electron chi connectivity index (χ0n) is 39.7. The number of anilines is 7. The molecule has 23 heteroatoms. The molecule has 5 N–H and O–H groups in total. The molecule has 0 saturated carbocycles. The average Bonchev–Trinajstić information content (AvgIpc) is 4.28. The molecule has 0 spiro atoms. The summed E-state index contributed by atoms with van der Waals surface area (Å²) in [6.07, 6.45) is 4.95. The van der Waals surface area contributed by atoms with Crippen LogP contribution < -0.4 is 40.6 Å². The molecule has 4 aromatic carbocycles. The molecule has 12 rings (SSSR count). The molecule has 8 heterocycles. The van der Waals surface area contributed by atoms with Crippen molar-refractivity contribution in [2.24, 2.45) is 0 Å². The Bertz CT molecular complexity index is 3380. The first-order chi connectivity index (χ1) is 36.2. The molecule has 18 nitrogen and oxygen atoms in total. The summed E-state index contributed by atoms with van der Waals surface area (Å²) in [7, 11) is 0. The van der Waals surface area contributed by atoms with Gasteiger partial charge in [0, 0.05) is 63.0 Å². The van der Waals surface area contributed by atoms with Crippen LogP contribution in [0.1, 0.15) is 22.3 Å². The van der Waals surface area contributed by atoms with Gasteiger partial charge in [-0.05, 0) is 65.9 Å². The minimum absolute atomic E-state index is 0.112. The molecule has 2 fully saturated rings. The Morgan fingerprint density at radius 2 is 1.11 bits per heavy atom. The molecule has 74 heavy (non-hydrogen) atoms. The Morgan fingerprint density at radius 1 is 0.622 bits per heavy atom. The number of rotatable bonds is 11. The zero-order chi connectivity index (χ0) is 51.0. The van der Waals surface area contributed by atoms with Crippen LogP contribution in [0.25, 0.3) is 20.7 Å². The van der Waals surface area contributed by atoms with Crippen molar-refractivity contribution in [1.82, 2.24) is 29.7 Å². The first kappa shape index (κ1) is 50.6. The lowest BCUT2D eigenvalue weighted by Crippen LogP contribution is -2.35. The van der Waals surface area contributed by atoms with Gasteiger partial charge in [-0.3, -0.25) is 9.80 Å². The Hall–Kier alpha value is -6.89. The number of ether oxygens (including phenoxy) is 6. The number of nitrogens with two attached hydrogens (primary N) is 1. The van der Waals surface area contributed by atoms with Crippen molar-refractivity contribution >= 4 is 118 Å². The van der Waals surface area contributed by atoms with E-state index >= 15 is 0 Å². The number of nitrogens with one attached hydrogen (secondary N) is 3. The second kappa shape index (κ2) is 23.5. The van der Waals surface area contributed by atoms with Gasteiger partial charge in [0.05, 0.1) is 63.7 Å². The lowest BCUT2D eigenvalue weighted by molar-refractivity contribution is 0.0341. The Kier molecular flexibility index (Phi) is 16.1. The van der Waals surface area contributed by atoms with Gasteiger partial charge in [-0.1, -0.05) is 70.6 Å². The van der Waals surface area contributed by atoms with Gasteiger partial charge in [0.15, 0.2) is 43.8 Å². The number of nitrogens with zero attached hydrogens (tertiary/aromatic N) is 8. The molecule has 4 aliphatic rings.